The van der Waals surface area contributed by atoms with Gasteiger partial charge in [0.1, 0.15) is 23.4 Å². The summed E-state index contributed by atoms with van der Waals surface area (Å²) in [5, 5.41) is 13.2. The third-order valence-corrected chi connectivity index (χ3v) is 6.36. The molecule has 0 bridgehead atoms. The largest absolute Gasteiger partial charge is 0.489 e. The molecule has 146 valence electrons. The van der Waals surface area contributed by atoms with Gasteiger partial charge in [-0.15, -0.1) is 11.3 Å². The SMILES string of the molecule is CC1CCc2c(sc(NC(=O)c3cccc(OCc4ccccc4)c3)c2C#N)C1. The van der Waals surface area contributed by atoms with Crippen molar-refractivity contribution in [3.05, 3.63) is 81.7 Å². The molecule has 1 unspecified atom stereocenters. The van der Waals surface area contributed by atoms with Crippen molar-refractivity contribution in [1.29, 1.82) is 5.26 Å². The minimum Gasteiger partial charge on any atom is -0.489 e. The summed E-state index contributed by atoms with van der Waals surface area (Å²) < 4.78 is 5.83. The van der Waals surface area contributed by atoms with Crippen LogP contribution < -0.4 is 10.1 Å². The summed E-state index contributed by atoms with van der Waals surface area (Å²) in [7, 11) is 0. The summed E-state index contributed by atoms with van der Waals surface area (Å²) in [6.45, 7) is 2.67. The van der Waals surface area contributed by atoms with Gasteiger partial charge in [-0.2, -0.15) is 5.26 Å². The van der Waals surface area contributed by atoms with Gasteiger partial charge in [0.05, 0.1) is 5.56 Å². The van der Waals surface area contributed by atoms with Crippen LogP contribution in [0.1, 0.15) is 45.3 Å². The number of ether oxygens (including phenoxy) is 1. The Labute approximate surface area is 174 Å². The first-order valence-corrected chi connectivity index (χ1v) is 10.6. The maximum Gasteiger partial charge on any atom is 0.256 e. The fourth-order valence-corrected chi connectivity index (χ4v) is 4.96. The van der Waals surface area contributed by atoms with Crippen molar-refractivity contribution in [2.45, 2.75) is 32.8 Å². The number of hydrogen-bond acceptors (Lipinski definition) is 4. The molecule has 0 saturated carbocycles. The second-order valence-electron chi connectivity index (χ2n) is 7.42. The minimum atomic E-state index is -0.224. The maximum atomic E-state index is 12.8. The van der Waals surface area contributed by atoms with Crippen molar-refractivity contribution in [3.8, 4) is 11.8 Å². The molecule has 29 heavy (non-hydrogen) atoms. The fourth-order valence-electron chi connectivity index (χ4n) is 3.60. The zero-order valence-corrected chi connectivity index (χ0v) is 17.1. The molecule has 4 nitrogen and oxygen atoms in total. The Morgan fingerprint density at radius 1 is 1.24 bits per heavy atom. The molecule has 1 N–H and O–H groups in total. The number of nitrogens with zero attached hydrogens (tertiary/aromatic N) is 1. The van der Waals surface area contributed by atoms with Crippen LogP contribution in [0.25, 0.3) is 0 Å². The molecule has 1 atom stereocenters. The topological polar surface area (TPSA) is 62.1 Å². The van der Waals surface area contributed by atoms with Gasteiger partial charge in [0.25, 0.3) is 5.91 Å². The van der Waals surface area contributed by atoms with E-state index < -0.39 is 0 Å². The molecule has 1 amide bonds. The van der Waals surface area contributed by atoms with Crippen molar-refractivity contribution in [3.63, 3.8) is 0 Å². The first-order chi connectivity index (χ1) is 14.1. The molecular weight excluding hydrogens is 380 g/mol. The zero-order valence-electron chi connectivity index (χ0n) is 16.3. The molecule has 1 aliphatic rings. The van der Waals surface area contributed by atoms with E-state index in [1.54, 1.807) is 12.1 Å². The number of amides is 1. The minimum absolute atomic E-state index is 0.224. The van der Waals surface area contributed by atoms with E-state index in [4.69, 9.17) is 4.74 Å². The summed E-state index contributed by atoms with van der Waals surface area (Å²) in [6.07, 6.45) is 2.98. The van der Waals surface area contributed by atoms with Crippen molar-refractivity contribution in [2.75, 3.05) is 5.32 Å². The van der Waals surface area contributed by atoms with Gasteiger partial charge >= 0.3 is 0 Å². The molecule has 1 aliphatic carbocycles. The fraction of sp³-hybridized carbons (Fsp3) is 0.250. The number of nitrogens with one attached hydrogen (secondary N) is 1. The molecule has 5 heteroatoms. The molecule has 0 aliphatic heterocycles. The molecule has 4 rings (SSSR count). The lowest BCUT2D eigenvalue weighted by Crippen LogP contribution is -2.12. The average Bonchev–Trinajstić information content (AvgIpc) is 3.09. The number of nitriles is 1. The lowest BCUT2D eigenvalue weighted by molar-refractivity contribution is 0.102. The Hall–Kier alpha value is -3.10. The molecule has 0 fully saturated rings. The van der Waals surface area contributed by atoms with Gasteiger partial charge in [0.2, 0.25) is 0 Å². The Balaban J connectivity index is 1.49. The van der Waals surface area contributed by atoms with Crippen LogP contribution in [0.5, 0.6) is 5.75 Å². The number of thiophene rings is 1. The van der Waals surface area contributed by atoms with Crippen LogP contribution >= 0.6 is 11.3 Å². The highest BCUT2D eigenvalue weighted by Crippen LogP contribution is 2.39. The zero-order chi connectivity index (χ0) is 20.2. The standard InChI is InChI=1S/C24H22N2O2S/c1-16-10-11-20-21(14-25)24(29-22(20)12-16)26-23(27)18-8-5-9-19(13-18)28-15-17-6-3-2-4-7-17/h2-9,13,16H,10-12,15H2,1H3,(H,26,27). The highest BCUT2D eigenvalue weighted by molar-refractivity contribution is 7.16. The first kappa shape index (κ1) is 19.2. The average molecular weight is 403 g/mol. The van der Waals surface area contributed by atoms with E-state index in [0.717, 1.165) is 30.4 Å². The Morgan fingerprint density at radius 3 is 2.86 bits per heavy atom. The smallest absolute Gasteiger partial charge is 0.256 e. The quantitative estimate of drug-likeness (QED) is 0.606. The van der Waals surface area contributed by atoms with E-state index in [-0.39, 0.29) is 5.91 Å². The second-order valence-corrected chi connectivity index (χ2v) is 8.53. The summed E-state index contributed by atoms with van der Waals surface area (Å²) >= 11 is 1.54. The number of carbonyl (C=O) groups is 1. The summed E-state index contributed by atoms with van der Waals surface area (Å²) in [6, 6.07) is 19.3. The molecule has 2 aromatic carbocycles. The number of carbonyl (C=O) groups excluding carboxylic acids is 1. The van der Waals surface area contributed by atoms with Gasteiger partial charge in [0.15, 0.2) is 0 Å². The normalized spacial score (nSPS) is 15.2. The maximum absolute atomic E-state index is 12.8. The second kappa shape index (κ2) is 8.50. The molecule has 1 heterocycles. The molecule has 0 radical (unpaired) electrons. The first-order valence-electron chi connectivity index (χ1n) is 9.77. The van der Waals surface area contributed by atoms with E-state index in [2.05, 4.69) is 18.3 Å². The Morgan fingerprint density at radius 2 is 2.07 bits per heavy atom. The van der Waals surface area contributed by atoms with E-state index >= 15 is 0 Å². The van der Waals surface area contributed by atoms with Crippen LogP contribution in [0.4, 0.5) is 5.00 Å². The van der Waals surface area contributed by atoms with Crippen LogP contribution in [0.2, 0.25) is 0 Å². The number of benzene rings is 2. The highest BCUT2D eigenvalue weighted by atomic mass is 32.1. The molecule has 1 aromatic heterocycles. The van der Waals surface area contributed by atoms with Gasteiger partial charge in [-0.3, -0.25) is 4.79 Å². The van der Waals surface area contributed by atoms with Gasteiger partial charge < -0.3 is 10.1 Å². The van der Waals surface area contributed by atoms with E-state index in [9.17, 15) is 10.1 Å². The summed E-state index contributed by atoms with van der Waals surface area (Å²) in [5.41, 5.74) is 3.33. The third kappa shape index (κ3) is 4.33. The number of rotatable bonds is 5. The van der Waals surface area contributed by atoms with E-state index in [1.807, 2.05) is 42.5 Å². The number of hydrogen-bond donors (Lipinski definition) is 1. The van der Waals surface area contributed by atoms with Crippen LogP contribution in [-0.2, 0) is 19.4 Å². The van der Waals surface area contributed by atoms with Crippen LogP contribution in [0, 0.1) is 17.2 Å². The summed E-state index contributed by atoms with van der Waals surface area (Å²) in [4.78, 5) is 14.0. The van der Waals surface area contributed by atoms with Crippen LogP contribution in [-0.4, -0.2) is 5.91 Å². The van der Waals surface area contributed by atoms with Gasteiger partial charge in [-0.25, -0.2) is 0 Å². The predicted octanol–water partition coefficient (Wildman–Crippen LogP) is 5.58. The Kier molecular flexibility index (Phi) is 5.64. The van der Waals surface area contributed by atoms with Crippen molar-refractivity contribution in [1.82, 2.24) is 0 Å². The van der Waals surface area contributed by atoms with Gasteiger partial charge in [0, 0.05) is 10.4 Å². The van der Waals surface area contributed by atoms with Crippen LogP contribution in [0.15, 0.2) is 54.6 Å². The van der Waals surface area contributed by atoms with Gasteiger partial charge in [-0.05, 0) is 54.5 Å². The lowest BCUT2D eigenvalue weighted by Gasteiger charge is -2.17. The highest BCUT2D eigenvalue weighted by Gasteiger charge is 2.24. The third-order valence-electron chi connectivity index (χ3n) is 5.20. The molecular formula is C24H22N2O2S. The lowest BCUT2D eigenvalue weighted by atomic mass is 9.88. The van der Waals surface area contributed by atoms with Crippen molar-refractivity contribution >= 4 is 22.2 Å². The van der Waals surface area contributed by atoms with E-state index in [0.29, 0.717) is 34.4 Å². The molecule has 0 saturated heterocycles. The van der Waals surface area contributed by atoms with E-state index in [1.165, 1.54) is 16.2 Å². The van der Waals surface area contributed by atoms with Crippen molar-refractivity contribution < 1.29 is 9.53 Å². The van der Waals surface area contributed by atoms with Crippen molar-refractivity contribution in [2.24, 2.45) is 5.92 Å². The summed E-state index contributed by atoms with van der Waals surface area (Å²) in [5.74, 6) is 1.04. The van der Waals surface area contributed by atoms with Crippen LogP contribution in [0.3, 0.4) is 0 Å². The molecule has 3 aromatic rings. The number of anilines is 1. The monoisotopic (exact) mass is 402 g/mol. The Bertz CT molecular complexity index is 1070. The molecule has 0 spiro atoms. The van der Waals surface area contributed by atoms with Gasteiger partial charge in [-0.1, -0.05) is 43.3 Å². The predicted molar refractivity (Wildman–Crippen MR) is 115 cm³/mol. The number of fused-ring (bicyclic) bond motifs is 1.